The maximum atomic E-state index is 12.6. The van der Waals surface area contributed by atoms with Crippen LogP contribution in [0.25, 0.3) is 0 Å². The van der Waals surface area contributed by atoms with Gasteiger partial charge in [-0.05, 0) is 30.2 Å². The van der Waals surface area contributed by atoms with E-state index in [0.29, 0.717) is 11.4 Å². The van der Waals surface area contributed by atoms with Crippen LogP contribution < -0.4 is 10.1 Å². The van der Waals surface area contributed by atoms with Crippen LogP contribution in [0.5, 0.6) is 5.75 Å². The number of nitrogens with one attached hydrogen (secondary N) is 1. The molecule has 6 heteroatoms. The Morgan fingerprint density at radius 1 is 1.17 bits per heavy atom. The van der Waals surface area contributed by atoms with E-state index >= 15 is 0 Å². The number of carbonyl (C=O) groups excluding carboxylic acids is 1. The molecule has 0 bridgehead atoms. The van der Waals surface area contributed by atoms with Gasteiger partial charge in [-0.2, -0.15) is 5.26 Å². The lowest BCUT2D eigenvalue weighted by atomic mass is 10.2. The topological polar surface area (TPSA) is 68.6 Å². The highest BCUT2D eigenvalue weighted by molar-refractivity contribution is 6.07. The average molecular weight is 390 g/mol. The number of nitriles is 1. The van der Waals surface area contributed by atoms with Crippen LogP contribution in [-0.2, 0) is 11.3 Å². The standard InChI is InChI=1S/C23H26N4O2/c1-18-8-9-22(29-2)21(14-18)25-23(28)20(15-24)17-27-12-10-26(11-13-27)16-19-6-4-3-5-7-19/h3-9,14,17H,10-13,16H2,1-2H3,(H,25,28)/b20-17-. The quantitative estimate of drug-likeness (QED) is 0.606. The largest absolute Gasteiger partial charge is 0.495 e. The first-order chi connectivity index (χ1) is 14.1. The third-order valence-corrected chi connectivity index (χ3v) is 4.94. The number of aryl methyl sites for hydroxylation is 1. The van der Waals surface area contributed by atoms with Crippen molar-refractivity contribution in [2.24, 2.45) is 0 Å². The van der Waals surface area contributed by atoms with E-state index in [1.54, 1.807) is 19.4 Å². The lowest BCUT2D eigenvalue weighted by Gasteiger charge is -2.34. The third kappa shape index (κ3) is 5.59. The van der Waals surface area contributed by atoms with Crippen LogP contribution in [0.1, 0.15) is 11.1 Å². The summed E-state index contributed by atoms with van der Waals surface area (Å²) in [5.41, 5.74) is 2.94. The minimum Gasteiger partial charge on any atom is -0.495 e. The Morgan fingerprint density at radius 3 is 2.55 bits per heavy atom. The Labute approximate surface area is 172 Å². The summed E-state index contributed by atoms with van der Waals surface area (Å²) in [5.74, 6) is 0.138. The predicted octanol–water partition coefficient (Wildman–Crippen LogP) is 3.17. The maximum Gasteiger partial charge on any atom is 0.267 e. The van der Waals surface area contributed by atoms with Crippen LogP contribution in [0.4, 0.5) is 5.69 Å². The van der Waals surface area contributed by atoms with Gasteiger partial charge in [0.2, 0.25) is 0 Å². The first-order valence-electron chi connectivity index (χ1n) is 9.67. The average Bonchev–Trinajstić information content (AvgIpc) is 2.74. The molecule has 6 nitrogen and oxygen atoms in total. The van der Waals surface area contributed by atoms with Gasteiger partial charge < -0.3 is 15.0 Å². The van der Waals surface area contributed by atoms with Crippen molar-refractivity contribution in [2.45, 2.75) is 13.5 Å². The molecule has 0 spiro atoms. The molecular formula is C23H26N4O2. The lowest BCUT2D eigenvalue weighted by Crippen LogP contribution is -2.43. The zero-order chi connectivity index (χ0) is 20.6. The summed E-state index contributed by atoms with van der Waals surface area (Å²) in [6, 6.07) is 17.9. The highest BCUT2D eigenvalue weighted by atomic mass is 16.5. The van der Waals surface area contributed by atoms with E-state index in [2.05, 4.69) is 34.5 Å². The third-order valence-electron chi connectivity index (χ3n) is 4.94. The van der Waals surface area contributed by atoms with Crippen LogP contribution in [0.15, 0.2) is 60.3 Å². The summed E-state index contributed by atoms with van der Waals surface area (Å²) in [6.45, 7) is 6.18. The molecule has 1 heterocycles. The van der Waals surface area contributed by atoms with Crippen molar-refractivity contribution in [1.29, 1.82) is 5.26 Å². The van der Waals surface area contributed by atoms with Crippen molar-refractivity contribution in [3.05, 3.63) is 71.4 Å². The van der Waals surface area contributed by atoms with Crippen LogP contribution in [-0.4, -0.2) is 49.0 Å². The van der Waals surface area contributed by atoms with Gasteiger partial charge in [0, 0.05) is 38.9 Å². The Kier molecular flexibility index (Phi) is 6.88. The molecule has 1 fully saturated rings. The molecular weight excluding hydrogens is 364 g/mol. The van der Waals surface area contributed by atoms with E-state index in [1.807, 2.05) is 36.1 Å². The molecule has 150 valence electrons. The number of hydrogen-bond donors (Lipinski definition) is 1. The van der Waals surface area contributed by atoms with E-state index in [9.17, 15) is 10.1 Å². The molecule has 0 atom stereocenters. The molecule has 2 aromatic carbocycles. The van der Waals surface area contributed by atoms with E-state index in [4.69, 9.17) is 4.74 Å². The van der Waals surface area contributed by atoms with Crippen molar-refractivity contribution < 1.29 is 9.53 Å². The van der Waals surface area contributed by atoms with E-state index in [1.165, 1.54) is 5.56 Å². The number of piperazine rings is 1. The highest BCUT2D eigenvalue weighted by Crippen LogP contribution is 2.25. The molecule has 1 saturated heterocycles. The Hall–Kier alpha value is -3.30. The van der Waals surface area contributed by atoms with Gasteiger partial charge >= 0.3 is 0 Å². The molecule has 0 aliphatic carbocycles. The number of ether oxygens (including phenoxy) is 1. The molecule has 0 saturated carbocycles. The zero-order valence-corrected chi connectivity index (χ0v) is 16.9. The minimum atomic E-state index is -0.428. The number of carbonyl (C=O) groups is 1. The monoisotopic (exact) mass is 390 g/mol. The molecule has 1 aliphatic rings. The van der Waals surface area contributed by atoms with Crippen LogP contribution in [0, 0.1) is 18.3 Å². The van der Waals surface area contributed by atoms with Crippen molar-refractivity contribution in [1.82, 2.24) is 9.80 Å². The number of nitrogens with zero attached hydrogens (tertiary/aromatic N) is 3. The molecule has 1 N–H and O–H groups in total. The fraction of sp³-hybridized carbons (Fsp3) is 0.304. The summed E-state index contributed by atoms with van der Waals surface area (Å²) < 4.78 is 5.29. The number of hydrogen-bond acceptors (Lipinski definition) is 5. The predicted molar refractivity (Wildman–Crippen MR) is 113 cm³/mol. The summed E-state index contributed by atoms with van der Waals surface area (Å²) in [7, 11) is 1.55. The van der Waals surface area contributed by atoms with Crippen LogP contribution in [0.2, 0.25) is 0 Å². The number of benzene rings is 2. The molecule has 0 unspecified atom stereocenters. The van der Waals surface area contributed by atoms with Gasteiger partial charge in [-0.3, -0.25) is 9.69 Å². The molecule has 1 aliphatic heterocycles. The minimum absolute atomic E-state index is 0.0880. The second kappa shape index (κ2) is 9.76. The fourth-order valence-electron chi connectivity index (χ4n) is 3.32. The number of methoxy groups -OCH3 is 1. The lowest BCUT2D eigenvalue weighted by molar-refractivity contribution is -0.112. The van der Waals surface area contributed by atoms with Crippen molar-refractivity contribution in [2.75, 3.05) is 38.6 Å². The van der Waals surface area contributed by atoms with Crippen molar-refractivity contribution in [3.8, 4) is 11.8 Å². The molecule has 0 radical (unpaired) electrons. The molecule has 29 heavy (non-hydrogen) atoms. The Balaban J connectivity index is 1.60. The molecule has 2 aromatic rings. The van der Waals surface area contributed by atoms with Gasteiger partial charge in [-0.1, -0.05) is 36.4 Å². The first kappa shape index (κ1) is 20.4. The zero-order valence-electron chi connectivity index (χ0n) is 16.9. The van der Waals surface area contributed by atoms with Gasteiger partial charge in [0.1, 0.15) is 17.4 Å². The Bertz CT molecular complexity index is 910. The molecule has 0 aromatic heterocycles. The fourth-order valence-corrected chi connectivity index (χ4v) is 3.32. The van der Waals surface area contributed by atoms with Gasteiger partial charge in [-0.25, -0.2) is 0 Å². The second-order valence-corrected chi connectivity index (χ2v) is 7.11. The van der Waals surface area contributed by atoms with Crippen LogP contribution in [0.3, 0.4) is 0 Å². The maximum absolute atomic E-state index is 12.6. The summed E-state index contributed by atoms with van der Waals surface area (Å²) in [4.78, 5) is 17.0. The Morgan fingerprint density at radius 2 is 1.90 bits per heavy atom. The first-order valence-corrected chi connectivity index (χ1v) is 9.67. The normalized spacial score (nSPS) is 14.9. The van der Waals surface area contributed by atoms with Gasteiger partial charge in [0.15, 0.2) is 0 Å². The number of rotatable bonds is 6. The SMILES string of the molecule is COc1ccc(C)cc1NC(=O)/C(C#N)=C\N1CCN(Cc2ccccc2)CC1. The number of anilines is 1. The summed E-state index contributed by atoms with van der Waals surface area (Å²) >= 11 is 0. The van der Waals surface area contributed by atoms with Gasteiger partial charge in [0.05, 0.1) is 12.8 Å². The van der Waals surface area contributed by atoms with E-state index in [-0.39, 0.29) is 5.57 Å². The smallest absolute Gasteiger partial charge is 0.267 e. The van der Waals surface area contributed by atoms with Gasteiger partial charge in [0.25, 0.3) is 5.91 Å². The highest BCUT2D eigenvalue weighted by Gasteiger charge is 2.18. The van der Waals surface area contributed by atoms with Crippen molar-refractivity contribution >= 4 is 11.6 Å². The van der Waals surface area contributed by atoms with Crippen molar-refractivity contribution in [3.63, 3.8) is 0 Å². The summed E-state index contributed by atoms with van der Waals surface area (Å²) in [5, 5.41) is 12.3. The van der Waals surface area contributed by atoms with Crippen LogP contribution >= 0.6 is 0 Å². The summed E-state index contributed by atoms with van der Waals surface area (Å²) in [6.07, 6.45) is 1.66. The van der Waals surface area contributed by atoms with E-state index < -0.39 is 5.91 Å². The van der Waals surface area contributed by atoms with Gasteiger partial charge in [-0.15, -0.1) is 0 Å². The second-order valence-electron chi connectivity index (χ2n) is 7.11. The number of amides is 1. The molecule has 3 rings (SSSR count). The molecule has 1 amide bonds. The van der Waals surface area contributed by atoms with E-state index in [0.717, 1.165) is 38.3 Å².